The molecule has 2 heterocycles. The molecule has 0 aliphatic carbocycles. The van der Waals surface area contributed by atoms with E-state index < -0.39 is 0 Å². The van der Waals surface area contributed by atoms with Crippen LogP contribution < -0.4 is 10.2 Å². The van der Waals surface area contributed by atoms with Crippen LogP contribution in [0.3, 0.4) is 0 Å². The van der Waals surface area contributed by atoms with Crippen LogP contribution in [0.15, 0.2) is 94.6 Å². The monoisotopic (exact) mass is 579 g/mol. The average Bonchev–Trinajstić information content (AvgIpc) is 3.59. The topological polar surface area (TPSA) is 90.6 Å². The van der Waals surface area contributed by atoms with Gasteiger partial charge in [0.2, 0.25) is 5.16 Å². The van der Waals surface area contributed by atoms with Crippen molar-refractivity contribution in [1.82, 2.24) is 14.9 Å². The second kappa shape index (κ2) is 12.4. The molecule has 0 saturated carbocycles. The summed E-state index contributed by atoms with van der Waals surface area (Å²) in [4.78, 5) is 18.6. The van der Waals surface area contributed by atoms with Crippen molar-refractivity contribution in [3.8, 4) is 5.75 Å². The molecule has 1 unspecified atom stereocenters. The van der Waals surface area contributed by atoms with E-state index in [0.29, 0.717) is 38.8 Å². The summed E-state index contributed by atoms with van der Waals surface area (Å²) in [5, 5.41) is 16.3. The van der Waals surface area contributed by atoms with Gasteiger partial charge in [-0.15, -0.1) is 10.2 Å². The van der Waals surface area contributed by atoms with Crippen LogP contribution in [0, 0.1) is 0 Å². The number of halogens is 2. The summed E-state index contributed by atoms with van der Waals surface area (Å²) >= 11 is 13.8. The minimum atomic E-state index is -0.333. The highest BCUT2D eigenvalue weighted by atomic mass is 35.5. The molecule has 0 bridgehead atoms. The van der Waals surface area contributed by atoms with Gasteiger partial charge in [0.15, 0.2) is 11.9 Å². The molecule has 8 nitrogen and oxygen atoms in total. The van der Waals surface area contributed by atoms with Crippen molar-refractivity contribution < 1.29 is 14.4 Å². The van der Waals surface area contributed by atoms with Crippen LogP contribution in [-0.2, 0) is 11.4 Å². The minimum absolute atomic E-state index is 0.0516. The first-order valence-corrected chi connectivity index (χ1v) is 13.7. The van der Waals surface area contributed by atoms with Gasteiger partial charge in [-0.3, -0.25) is 10.2 Å². The number of oxime groups is 1. The quantitative estimate of drug-likeness (QED) is 0.214. The van der Waals surface area contributed by atoms with E-state index in [2.05, 4.69) is 20.8 Å². The van der Waals surface area contributed by atoms with Crippen LogP contribution in [0.25, 0.3) is 0 Å². The third-order valence-corrected chi connectivity index (χ3v) is 7.24. The predicted molar refractivity (Wildman–Crippen MR) is 153 cm³/mol. The Hall–Kier alpha value is -3.79. The fourth-order valence-corrected chi connectivity index (χ4v) is 5.04. The lowest BCUT2D eigenvalue weighted by molar-refractivity contribution is 0.0858. The second-order valence-corrected chi connectivity index (χ2v) is 10.1. The van der Waals surface area contributed by atoms with Crippen LogP contribution in [0.1, 0.15) is 46.8 Å². The zero-order chi connectivity index (χ0) is 27.2. The number of carbonyl (C=O) groups is 1. The lowest BCUT2D eigenvalue weighted by atomic mass is 9.99. The van der Waals surface area contributed by atoms with Crippen LogP contribution >= 0.6 is 35.0 Å². The highest BCUT2D eigenvalue weighted by Crippen LogP contribution is 2.36. The maximum Gasteiger partial charge on any atom is 0.270 e. The zero-order valence-electron chi connectivity index (χ0n) is 20.8. The molecule has 11 heteroatoms. The first kappa shape index (κ1) is 26.8. The lowest BCUT2D eigenvalue weighted by Crippen LogP contribution is -2.26. The normalized spacial score (nSPS) is 14.7. The zero-order valence-corrected chi connectivity index (χ0v) is 23.1. The summed E-state index contributed by atoms with van der Waals surface area (Å²) in [7, 11) is 0. The number of ether oxygens (including phenoxy) is 1. The van der Waals surface area contributed by atoms with Gasteiger partial charge in [0.1, 0.15) is 12.4 Å². The van der Waals surface area contributed by atoms with Crippen molar-refractivity contribution in [2.75, 3.05) is 5.43 Å². The smallest absolute Gasteiger partial charge is 0.270 e. The van der Waals surface area contributed by atoms with Crippen molar-refractivity contribution in [3.63, 3.8) is 0 Å². The molecule has 1 atom stereocenters. The van der Waals surface area contributed by atoms with Gasteiger partial charge in [0.25, 0.3) is 5.91 Å². The number of amides is 1. The number of thioether (sulfide) groups is 1. The van der Waals surface area contributed by atoms with Crippen LogP contribution in [0.5, 0.6) is 5.75 Å². The number of nitrogens with zero attached hydrogens (tertiary/aromatic N) is 4. The number of carbonyl (C=O) groups excluding carboxylic acids is 1. The number of allylic oxidation sites excluding steroid dienone is 1. The fraction of sp³-hybridized carbons (Fsp3) is 0.143. The largest absolute Gasteiger partial charge is 0.485 e. The molecule has 0 saturated heterocycles. The number of hydrogen-bond donors (Lipinski definition) is 1. The Morgan fingerprint density at radius 3 is 2.72 bits per heavy atom. The van der Waals surface area contributed by atoms with E-state index >= 15 is 0 Å². The molecule has 1 aliphatic rings. The fourth-order valence-electron chi connectivity index (χ4n) is 3.91. The molecular formula is C28H23Cl2N5O3S. The Bertz CT molecular complexity index is 1540. The van der Waals surface area contributed by atoms with E-state index in [1.165, 1.54) is 16.4 Å². The average molecular weight is 580 g/mol. The van der Waals surface area contributed by atoms with Gasteiger partial charge in [-0.2, -0.15) is 0 Å². The Labute approximate surface area is 239 Å². The number of para-hydroxylation sites is 1. The summed E-state index contributed by atoms with van der Waals surface area (Å²) < 4.78 is 7.72. The molecule has 39 heavy (non-hydrogen) atoms. The molecule has 1 aromatic heterocycles. The number of rotatable bonds is 9. The van der Waals surface area contributed by atoms with Crippen molar-refractivity contribution in [2.45, 2.75) is 31.2 Å². The molecule has 1 N–H and O–H groups in total. The first-order chi connectivity index (χ1) is 19.0. The molecule has 0 radical (unpaired) electrons. The Balaban J connectivity index is 1.34. The van der Waals surface area contributed by atoms with Gasteiger partial charge < -0.3 is 9.57 Å². The molecule has 5 rings (SSSR count). The molecule has 1 aliphatic heterocycles. The third-order valence-electron chi connectivity index (χ3n) is 5.79. The van der Waals surface area contributed by atoms with Crippen molar-refractivity contribution in [1.29, 1.82) is 0 Å². The summed E-state index contributed by atoms with van der Waals surface area (Å²) in [5.41, 5.74) is 5.71. The standard InChI is InChI=1S/C28H23Cl2N5O3S/c1-2-14-39-28-32-31-26(35(28)33-27(36)18-8-4-3-5-9-18)17-37-24-11-7-6-10-21(24)23-16-25(38-34-23)20-13-12-19(29)15-22(20)30/h2-15,25H,16-17H2,1H3,(H,33,36)/b14-2+. The molecule has 3 aromatic carbocycles. The summed E-state index contributed by atoms with van der Waals surface area (Å²) in [6.07, 6.45) is 2.06. The highest BCUT2D eigenvalue weighted by molar-refractivity contribution is 8.02. The van der Waals surface area contributed by atoms with Crippen molar-refractivity contribution in [2.24, 2.45) is 5.16 Å². The highest BCUT2D eigenvalue weighted by Gasteiger charge is 2.27. The number of nitrogens with one attached hydrogen (secondary N) is 1. The Morgan fingerprint density at radius 1 is 1.13 bits per heavy atom. The number of benzene rings is 3. The van der Waals surface area contributed by atoms with Gasteiger partial charge in [-0.05, 0) is 48.7 Å². The van der Waals surface area contributed by atoms with Gasteiger partial charge in [0.05, 0.1) is 5.71 Å². The van der Waals surface area contributed by atoms with E-state index in [4.69, 9.17) is 32.8 Å². The van der Waals surface area contributed by atoms with Crippen LogP contribution in [0.2, 0.25) is 10.0 Å². The molecular weight excluding hydrogens is 557 g/mol. The van der Waals surface area contributed by atoms with Crippen molar-refractivity contribution >= 4 is 46.6 Å². The SMILES string of the molecule is C/C=C/Sc1nnc(COc2ccccc2C2=NOC(c3ccc(Cl)cc3Cl)C2)n1NC(=O)c1ccccc1. The Morgan fingerprint density at radius 2 is 1.92 bits per heavy atom. The molecule has 1 amide bonds. The summed E-state index contributed by atoms with van der Waals surface area (Å²) in [6, 6.07) is 21.8. The van der Waals surface area contributed by atoms with E-state index in [1.54, 1.807) is 36.4 Å². The molecule has 4 aromatic rings. The summed E-state index contributed by atoms with van der Waals surface area (Å²) in [5.74, 6) is 0.731. The Kier molecular flexibility index (Phi) is 8.51. The van der Waals surface area contributed by atoms with Gasteiger partial charge in [0, 0.05) is 33.2 Å². The minimum Gasteiger partial charge on any atom is -0.485 e. The third kappa shape index (κ3) is 6.27. The first-order valence-electron chi connectivity index (χ1n) is 12.0. The predicted octanol–water partition coefficient (Wildman–Crippen LogP) is 7.04. The molecule has 198 valence electrons. The maximum absolute atomic E-state index is 12.9. The number of aromatic nitrogens is 3. The van der Waals surface area contributed by atoms with E-state index in [1.807, 2.05) is 54.8 Å². The van der Waals surface area contributed by atoms with E-state index in [9.17, 15) is 4.79 Å². The number of hydrogen-bond acceptors (Lipinski definition) is 7. The maximum atomic E-state index is 12.9. The summed E-state index contributed by atoms with van der Waals surface area (Å²) in [6.45, 7) is 1.95. The van der Waals surface area contributed by atoms with Gasteiger partial charge >= 0.3 is 0 Å². The van der Waals surface area contributed by atoms with Gasteiger partial charge in [-0.1, -0.05) is 82.6 Å². The lowest BCUT2D eigenvalue weighted by Gasteiger charge is -2.14. The van der Waals surface area contributed by atoms with Crippen LogP contribution in [0.4, 0.5) is 0 Å². The van der Waals surface area contributed by atoms with E-state index in [-0.39, 0.29) is 18.6 Å². The van der Waals surface area contributed by atoms with E-state index in [0.717, 1.165) is 16.8 Å². The molecule has 0 spiro atoms. The second-order valence-electron chi connectivity index (χ2n) is 8.42. The van der Waals surface area contributed by atoms with Crippen molar-refractivity contribution in [3.05, 3.63) is 117 Å². The van der Waals surface area contributed by atoms with Gasteiger partial charge in [-0.25, -0.2) is 4.68 Å². The molecule has 0 fully saturated rings. The van der Waals surface area contributed by atoms with Crippen LogP contribution in [-0.4, -0.2) is 26.5 Å².